The van der Waals surface area contributed by atoms with Gasteiger partial charge in [-0.05, 0) is 32.1 Å². The van der Waals surface area contributed by atoms with Crippen LogP contribution in [0, 0.1) is 0 Å². The molecule has 0 aliphatic carbocycles. The van der Waals surface area contributed by atoms with Gasteiger partial charge in [0.25, 0.3) is 5.82 Å². The normalized spacial score (nSPS) is 11.7. The molecule has 0 bridgehead atoms. The SMILES string of the molecule is CCCCCCCCCCCCCCCCCCn1cc[n+](CCCCCCCCCCCCCCCCCC)c1CCCCCCCCCC. The first-order valence-electron chi connectivity index (χ1n) is 24.4. The molecular weight excluding hydrogens is 617 g/mol. The van der Waals surface area contributed by atoms with Crippen molar-refractivity contribution in [2.24, 2.45) is 0 Å². The van der Waals surface area contributed by atoms with E-state index in [0.717, 1.165) is 0 Å². The lowest BCUT2D eigenvalue weighted by Crippen LogP contribution is -2.37. The summed E-state index contributed by atoms with van der Waals surface area (Å²) >= 11 is 0. The van der Waals surface area contributed by atoms with E-state index in [2.05, 4.69) is 42.3 Å². The third-order valence-corrected chi connectivity index (χ3v) is 11.8. The predicted octanol–water partition coefficient (Wildman–Crippen LogP) is 17.0. The van der Waals surface area contributed by atoms with Crippen molar-refractivity contribution in [2.45, 2.75) is 297 Å². The van der Waals surface area contributed by atoms with E-state index in [-0.39, 0.29) is 0 Å². The van der Waals surface area contributed by atoms with E-state index in [1.807, 2.05) is 0 Å². The molecule has 51 heavy (non-hydrogen) atoms. The van der Waals surface area contributed by atoms with Crippen molar-refractivity contribution in [3.63, 3.8) is 0 Å². The van der Waals surface area contributed by atoms with Gasteiger partial charge in [0.1, 0.15) is 12.4 Å². The van der Waals surface area contributed by atoms with Gasteiger partial charge in [0.2, 0.25) is 0 Å². The van der Waals surface area contributed by atoms with Crippen LogP contribution in [0.15, 0.2) is 12.4 Å². The Hall–Kier alpha value is -0.790. The fraction of sp³-hybridized carbons (Fsp3) is 0.939. The summed E-state index contributed by atoms with van der Waals surface area (Å²) in [7, 11) is 0. The summed E-state index contributed by atoms with van der Waals surface area (Å²) in [5.41, 5.74) is 0. The average molecular weight is 714 g/mol. The molecule has 2 heteroatoms. The Morgan fingerprint density at radius 1 is 0.333 bits per heavy atom. The lowest BCUT2D eigenvalue weighted by Gasteiger charge is -2.07. The first kappa shape index (κ1) is 48.2. The van der Waals surface area contributed by atoms with Gasteiger partial charge in [-0.15, -0.1) is 0 Å². The van der Waals surface area contributed by atoms with E-state index in [1.54, 1.807) is 5.82 Å². The summed E-state index contributed by atoms with van der Waals surface area (Å²) in [5, 5.41) is 0. The minimum absolute atomic E-state index is 1.23. The third-order valence-electron chi connectivity index (χ3n) is 11.8. The fourth-order valence-corrected chi connectivity index (χ4v) is 8.27. The maximum absolute atomic E-state index is 2.65. The molecule has 1 aromatic rings. The van der Waals surface area contributed by atoms with Gasteiger partial charge in [-0.25, -0.2) is 9.13 Å². The number of hydrogen-bond acceptors (Lipinski definition) is 0. The number of imidazole rings is 1. The molecule has 0 spiro atoms. The number of hydrogen-bond donors (Lipinski definition) is 0. The van der Waals surface area contributed by atoms with Gasteiger partial charge in [-0.1, -0.05) is 245 Å². The quantitative estimate of drug-likeness (QED) is 0.0471. The van der Waals surface area contributed by atoms with Crippen LogP contribution in [0.2, 0.25) is 0 Å². The van der Waals surface area contributed by atoms with Gasteiger partial charge >= 0.3 is 0 Å². The standard InChI is InChI=1S/C49H97N2/c1-4-7-10-13-16-19-21-23-25-27-29-31-33-36-39-42-45-50-47-48-51(49(50)44-41-38-35-18-15-12-9-6-3)46-43-40-37-34-32-30-28-26-24-22-20-17-14-11-8-5-2/h47-48H,4-46H2,1-3H3/q+1. The smallest absolute Gasteiger partial charge is 0.234 e. The second-order valence-electron chi connectivity index (χ2n) is 16.9. The highest BCUT2D eigenvalue weighted by molar-refractivity contribution is 4.84. The van der Waals surface area contributed by atoms with Gasteiger partial charge < -0.3 is 0 Å². The summed E-state index contributed by atoms with van der Waals surface area (Å²) in [5.74, 6) is 1.63. The zero-order valence-corrected chi connectivity index (χ0v) is 36.0. The molecule has 0 aliphatic rings. The van der Waals surface area contributed by atoms with Crippen molar-refractivity contribution in [3.8, 4) is 0 Å². The van der Waals surface area contributed by atoms with Gasteiger partial charge in [0.05, 0.1) is 13.1 Å². The molecule has 0 fully saturated rings. The lowest BCUT2D eigenvalue weighted by molar-refractivity contribution is -0.704. The zero-order valence-electron chi connectivity index (χ0n) is 36.0. The molecule has 1 aromatic heterocycles. The maximum atomic E-state index is 2.65. The predicted molar refractivity (Wildman–Crippen MR) is 230 cm³/mol. The molecule has 0 saturated heterocycles. The summed E-state index contributed by atoms with van der Waals surface area (Å²) < 4.78 is 5.30. The molecule has 2 nitrogen and oxygen atoms in total. The van der Waals surface area contributed by atoms with Gasteiger partial charge in [0.15, 0.2) is 0 Å². The molecule has 0 aliphatic heterocycles. The van der Waals surface area contributed by atoms with Gasteiger partial charge in [0, 0.05) is 6.42 Å². The van der Waals surface area contributed by atoms with Crippen molar-refractivity contribution in [3.05, 3.63) is 18.2 Å². The van der Waals surface area contributed by atoms with Crippen LogP contribution < -0.4 is 4.57 Å². The number of nitrogens with zero attached hydrogens (tertiary/aromatic N) is 2. The summed E-state index contributed by atoms with van der Waals surface area (Å²) in [4.78, 5) is 0. The maximum Gasteiger partial charge on any atom is 0.256 e. The Morgan fingerprint density at radius 2 is 0.608 bits per heavy atom. The van der Waals surface area contributed by atoms with Crippen molar-refractivity contribution in [2.75, 3.05) is 0 Å². The first-order chi connectivity index (χ1) is 25.3. The van der Waals surface area contributed by atoms with E-state index < -0.39 is 0 Å². The van der Waals surface area contributed by atoms with Crippen LogP contribution in [0.4, 0.5) is 0 Å². The van der Waals surface area contributed by atoms with Crippen LogP contribution in [0.3, 0.4) is 0 Å². The molecule has 0 N–H and O–H groups in total. The number of aromatic nitrogens is 2. The second-order valence-corrected chi connectivity index (χ2v) is 16.9. The minimum atomic E-state index is 1.23. The van der Waals surface area contributed by atoms with Crippen molar-refractivity contribution < 1.29 is 4.57 Å². The highest BCUT2D eigenvalue weighted by Gasteiger charge is 2.16. The summed E-state index contributed by atoms with van der Waals surface area (Å²) in [6.07, 6.45) is 63.8. The van der Waals surface area contributed by atoms with Crippen molar-refractivity contribution >= 4 is 0 Å². The van der Waals surface area contributed by atoms with Crippen LogP contribution in [-0.4, -0.2) is 4.57 Å². The van der Waals surface area contributed by atoms with Crippen LogP contribution >= 0.6 is 0 Å². The van der Waals surface area contributed by atoms with E-state index in [9.17, 15) is 0 Å². The monoisotopic (exact) mass is 714 g/mol. The van der Waals surface area contributed by atoms with Crippen molar-refractivity contribution in [1.82, 2.24) is 4.57 Å². The van der Waals surface area contributed by atoms with Crippen molar-refractivity contribution in [1.29, 1.82) is 0 Å². The molecule has 0 radical (unpaired) electrons. The number of rotatable bonds is 43. The van der Waals surface area contributed by atoms with Crippen LogP contribution in [-0.2, 0) is 19.5 Å². The van der Waals surface area contributed by atoms with Crippen LogP contribution in [0.25, 0.3) is 0 Å². The molecule has 0 amide bonds. The Morgan fingerprint density at radius 3 is 0.941 bits per heavy atom. The summed E-state index contributed by atoms with van der Waals surface area (Å²) in [6.45, 7) is 9.42. The largest absolute Gasteiger partial charge is 0.256 e. The lowest BCUT2D eigenvalue weighted by atomic mass is 10.0. The van der Waals surface area contributed by atoms with E-state index in [0.29, 0.717) is 0 Å². The fourth-order valence-electron chi connectivity index (χ4n) is 8.27. The van der Waals surface area contributed by atoms with Gasteiger partial charge in [-0.2, -0.15) is 0 Å². The molecule has 0 atom stereocenters. The van der Waals surface area contributed by atoms with E-state index in [1.165, 1.54) is 276 Å². The topological polar surface area (TPSA) is 8.81 Å². The van der Waals surface area contributed by atoms with Gasteiger partial charge in [-0.3, -0.25) is 0 Å². The molecular formula is C49H97N2+. The zero-order chi connectivity index (χ0) is 36.6. The number of unbranched alkanes of at least 4 members (excludes halogenated alkanes) is 37. The second kappa shape index (κ2) is 40.4. The first-order valence-corrected chi connectivity index (χ1v) is 24.4. The average Bonchev–Trinajstić information content (AvgIpc) is 3.53. The molecule has 1 heterocycles. The Bertz CT molecular complexity index is 728. The minimum Gasteiger partial charge on any atom is -0.234 e. The molecule has 0 saturated carbocycles. The highest BCUT2D eigenvalue weighted by Crippen LogP contribution is 2.17. The Kier molecular flexibility index (Phi) is 38.2. The van der Waals surface area contributed by atoms with E-state index >= 15 is 0 Å². The summed E-state index contributed by atoms with van der Waals surface area (Å²) in [6, 6.07) is 0. The third kappa shape index (κ3) is 32.4. The molecule has 1 rings (SSSR count). The van der Waals surface area contributed by atoms with E-state index in [4.69, 9.17) is 0 Å². The Balaban J connectivity index is 2.19. The molecule has 302 valence electrons. The van der Waals surface area contributed by atoms with Crippen LogP contribution in [0.5, 0.6) is 0 Å². The molecule has 0 unspecified atom stereocenters. The highest BCUT2D eigenvalue weighted by atomic mass is 15.1. The van der Waals surface area contributed by atoms with Crippen LogP contribution in [0.1, 0.15) is 283 Å². The molecule has 0 aromatic carbocycles. The number of aryl methyl sites for hydroxylation is 2. The Labute approximate surface area is 323 Å².